The lowest BCUT2D eigenvalue weighted by Crippen LogP contribution is -2.44. The van der Waals surface area contributed by atoms with Gasteiger partial charge >= 0.3 is 0 Å². The number of hydrogen-bond acceptors (Lipinski definition) is 5. The maximum atomic E-state index is 12.4. The number of hydrogen-bond donors (Lipinski definition) is 1. The molecule has 3 rings (SSSR count). The Morgan fingerprint density at radius 3 is 2.57 bits per heavy atom. The van der Waals surface area contributed by atoms with Crippen LogP contribution in [0.5, 0.6) is 0 Å². The van der Waals surface area contributed by atoms with Gasteiger partial charge in [-0.25, -0.2) is 0 Å². The summed E-state index contributed by atoms with van der Waals surface area (Å²) >= 11 is 6.33. The second kappa shape index (κ2) is 6.72. The maximum Gasteiger partial charge on any atom is 0.285 e. The summed E-state index contributed by atoms with van der Waals surface area (Å²) in [5.41, 5.74) is 3.83. The highest BCUT2D eigenvalue weighted by Crippen LogP contribution is 2.31. The summed E-state index contributed by atoms with van der Waals surface area (Å²) < 4.78 is 0.291. The zero-order valence-electron chi connectivity index (χ0n) is 11.8. The number of carbonyl (C=O) groups is 2. The number of thioether (sulfide) groups is 1. The van der Waals surface area contributed by atoms with Gasteiger partial charge in [-0.15, -0.1) is 0 Å². The predicted octanol–water partition coefficient (Wildman–Crippen LogP) is 2.63. The SMILES string of the molecule is O=C(NN1C(=O)/C(=C\c2ccccc2)SC1=S)c1ccncc1. The molecule has 1 N–H and O–H groups in total. The van der Waals surface area contributed by atoms with E-state index in [0.29, 0.717) is 14.8 Å². The minimum atomic E-state index is -0.412. The smallest absolute Gasteiger partial charge is 0.267 e. The molecule has 1 fully saturated rings. The highest BCUT2D eigenvalue weighted by atomic mass is 32.2. The van der Waals surface area contributed by atoms with Crippen LogP contribution in [0, 0.1) is 0 Å². The highest BCUT2D eigenvalue weighted by molar-refractivity contribution is 8.26. The van der Waals surface area contributed by atoms with E-state index in [0.717, 1.165) is 22.3 Å². The molecule has 1 aliphatic heterocycles. The van der Waals surface area contributed by atoms with Crippen molar-refractivity contribution in [2.45, 2.75) is 0 Å². The highest BCUT2D eigenvalue weighted by Gasteiger charge is 2.33. The third kappa shape index (κ3) is 3.46. The van der Waals surface area contributed by atoms with Crippen LogP contribution in [0.4, 0.5) is 0 Å². The molecule has 0 bridgehead atoms. The molecule has 1 aliphatic rings. The van der Waals surface area contributed by atoms with Crippen molar-refractivity contribution in [1.29, 1.82) is 0 Å². The van der Waals surface area contributed by atoms with Crippen LogP contribution >= 0.6 is 24.0 Å². The Bertz CT molecular complexity index is 791. The number of nitrogens with one attached hydrogen (secondary N) is 1. The number of rotatable bonds is 3. The molecule has 7 heteroatoms. The van der Waals surface area contributed by atoms with Crippen molar-refractivity contribution in [3.8, 4) is 0 Å². The van der Waals surface area contributed by atoms with Crippen molar-refractivity contribution in [2.75, 3.05) is 0 Å². The van der Waals surface area contributed by atoms with E-state index < -0.39 is 5.91 Å². The number of hydrazine groups is 1. The Balaban J connectivity index is 1.77. The molecule has 114 valence electrons. The molecule has 2 heterocycles. The molecule has 1 aromatic heterocycles. The van der Waals surface area contributed by atoms with E-state index in [4.69, 9.17) is 12.2 Å². The third-order valence-electron chi connectivity index (χ3n) is 3.05. The van der Waals surface area contributed by atoms with Crippen molar-refractivity contribution in [3.63, 3.8) is 0 Å². The van der Waals surface area contributed by atoms with Gasteiger partial charge in [0.1, 0.15) is 0 Å². The van der Waals surface area contributed by atoms with E-state index in [9.17, 15) is 9.59 Å². The topological polar surface area (TPSA) is 62.3 Å². The van der Waals surface area contributed by atoms with Gasteiger partial charge in [-0.3, -0.25) is 20.0 Å². The Hall–Kier alpha value is -2.51. The zero-order chi connectivity index (χ0) is 16.2. The van der Waals surface area contributed by atoms with Gasteiger partial charge in [-0.2, -0.15) is 5.01 Å². The standard InChI is InChI=1S/C16H11N3O2S2/c20-14(12-6-8-17-9-7-12)18-19-15(21)13(23-16(19)22)10-11-4-2-1-3-5-11/h1-10H,(H,18,20)/b13-10+. The molecule has 0 radical (unpaired) electrons. The third-order valence-corrected chi connectivity index (χ3v) is 4.35. The normalized spacial score (nSPS) is 16.0. The largest absolute Gasteiger partial charge is 0.285 e. The lowest BCUT2D eigenvalue weighted by atomic mass is 10.2. The van der Waals surface area contributed by atoms with Crippen LogP contribution in [0.25, 0.3) is 6.08 Å². The quantitative estimate of drug-likeness (QED) is 0.687. The van der Waals surface area contributed by atoms with Crippen LogP contribution in [-0.4, -0.2) is 26.1 Å². The van der Waals surface area contributed by atoms with Crippen molar-refractivity contribution in [2.24, 2.45) is 0 Å². The van der Waals surface area contributed by atoms with Gasteiger partial charge in [0.2, 0.25) is 0 Å². The first-order chi connectivity index (χ1) is 11.1. The molecule has 23 heavy (non-hydrogen) atoms. The van der Waals surface area contributed by atoms with Gasteiger partial charge in [0.25, 0.3) is 11.8 Å². The van der Waals surface area contributed by atoms with Crippen LogP contribution in [-0.2, 0) is 4.79 Å². The summed E-state index contributed by atoms with van der Waals surface area (Å²) in [6.07, 6.45) is 4.76. The van der Waals surface area contributed by atoms with Crippen molar-refractivity contribution in [1.82, 2.24) is 15.4 Å². The van der Waals surface area contributed by atoms with E-state index in [2.05, 4.69) is 10.4 Å². The number of nitrogens with zero attached hydrogens (tertiary/aromatic N) is 2. The Morgan fingerprint density at radius 2 is 1.87 bits per heavy atom. The summed E-state index contributed by atoms with van der Waals surface area (Å²) in [6.45, 7) is 0. The van der Waals surface area contributed by atoms with Gasteiger partial charge in [0.15, 0.2) is 4.32 Å². The minimum Gasteiger partial charge on any atom is -0.267 e. The van der Waals surface area contributed by atoms with Crippen LogP contribution in [0.15, 0.2) is 59.8 Å². The lowest BCUT2D eigenvalue weighted by molar-refractivity contribution is -0.123. The van der Waals surface area contributed by atoms with Gasteiger partial charge < -0.3 is 0 Å². The summed E-state index contributed by atoms with van der Waals surface area (Å²) in [7, 11) is 0. The molecule has 0 saturated carbocycles. The summed E-state index contributed by atoms with van der Waals surface area (Å²) in [5, 5.41) is 1.09. The monoisotopic (exact) mass is 341 g/mol. The van der Waals surface area contributed by atoms with Crippen molar-refractivity contribution >= 4 is 46.2 Å². The molecule has 0 unspecified atom stereocenters. The first kappa shape index (κ1) is 15.4. The van der Waals surface area contributed by atoms with Gasteiger partial charge in [0.05, 0.1) is 4.91 Å². The molecule has 0 aliphatic carbocycles. The minimum absolute atomic E-state index is 0.291. The number of amides is 2. The molecule has 2 aromatic rings. The first-order valence-corrected chi connectivity index (χ1v) is 7.91. The average Bonchev–Trinajstić information content (AvgIpc) is 2.84. The first-order valence-electron chi connectivity index (χ1n) is 6.69. The Labute approximate surface area is 142 Å². The summed E-state index contributed by atoms with van der Waals surface area (Å²) in [5.74, 6) is -0.754. The van der Waals surface area contributed by atoms with Gasteiger partial charge in [-0.05, 0) is 36.0 Å². The predicted molar refractivity (Wildman–Crippen MR) is 93.2 cm³/mol. The number of pyridine rings is 1. The molecule has 2 amide bonds. The molecule has 0 spiro atoms. The summed E-state index contributed by atoms with van der Waals surface area (Å²) in [6, 6.07) is 12.6. The molecule has 0 atom stereocenters. The van der Waals surface area contributed by atoms with Crippen LogP contribution in [0.1, 0.15) is 15.9 Å². The zero-order valence-corrected chi connectivity index (χ0v) is 13.4. The molecular formula is C16H11N3O2S2. The summed E-state index contributed by atoms with van der Waals surface area (Å²) in [4.78, 5) is 28.9. The molecule has 1 aromatic carbocycles. The second-order valence-electron chi connectivity index (χ2n) is 4.60. The van der Waals surface area contributed by atoms with E-state index in [1.165, 1.54) is 12.4 Å². The van der Waals surface area contributed by atoms with Crippen molar-refractivity contribution < 1.29 is 9.59 Å². The lowest BCUT2D eigenvalue weighted by Gasteiger charge is -2.15. The average molecular weight is 341 g/mol. The second-order valence-corrected chi connectivity index (χ2v) is 6.28. The van der Waals surface area contributed by atoms with Crippen LogP contribution in [0.2, 0.25) is 0 Å². The molecule has 5 nitrogen and oxygen atoms in total. The van der Waals surface area contributed by atoms with Crippen LogP contribution in [0.3, 0.4) is 0 Å². The van der Waals surface area contributed by atoms with Crippen LogP contribution < -0.4 is 5.43 Å². The number of thiocarbonyl (C=S) groups is 1. The molecule has 1 saturated heterocycles. The molecular weight excluding hydrogens is 330 g/mol. The number of benzene rings is 1. The van der Waals surface area contributed by atoms with E-state index >= 15 is 0 Å². The number of aromatic nitrogens is 1. The Kier molecular flexibility index (Phi) is 4.50. The van der Waals surface area contributed by atoms with E-state index in [-0.39, 0.29) is 5.91 Å². The van der Waals surface area contributed by atoms with Gasteiger partial charge in [-0.1, -0.05) is 42.1 Å². The van der Waals surface area contributed by atoms with Crippen molar-refractivity contribution in [3.05, 3.63) is 70.9 Å². The fourth-order valence-corrected chi connectivity index (χ4v) is 3.11. The van der Waals surface area contributed by atoms with E-state index in [1.807, 2.05) is 30.3 Å². The van der Waals surface area contributed by atoms with E-state index in [1.54, 1.807) is 18.2 Å². The van der Waals surface area contributed by atoms with Gasteiger partial charge in [0, 0.05) is 18.0 Å². The number of carbonyl (C=O) groups excluding carboxylic acids is 2. The maximum absolute atomic E-state index is 12.4. The Morgan fingerprint density at radius 1 is 1.17 bits per heavy atom. The fraction of sp³-hybridized carbons (Fsp3) is 0. The fourth-order valence-electron chi connectivity index (χ4n) is 1.93.